The molecule has 0 fully saturated rings. The summed E-state index contributed by atoms with van der Waals surface area (Å²) in [5.74, 6) is -0.751. The molecule has 0 unspecified atom stereocenters. The zero-order valence-electron chi connectivity index (χ0n) is 18.8. The number of hydrogen-bond donors (Lipinski definition) is 2. The molecule has 2 heterocycles. The van der Waals surface area contributed by atoms with E-state index in [-0.39, 0.29) is 17.2 Å². The second kappa shape index (κ2) is 8.76. The lowest BCUT2D eigenvalue weighted by Crippen LogP contribution is -2.31. The van der Waals surface area contributed by atoms with Gasteiger partial charge in [-0.3, -0.25) is 9.59 Å². The van der Waals surface area contributed by atoms with Crippen LogP contribution in [0.3, 0.4) is 0 Å². The first-order valence-corrected chi connectivity index (χ1v) is 11.9. The molecule has 0 aliphatic heterocycles. The highest BCUT2D eigenvalue weighted by Gasteiger charge is 2.22. The third-order valence-electron chi connectivity index (χ3n) is 5.60. The average Bonchev–Trinajstić information content (AvgIpc) is 3.26. The first-order valence-electron chi connectivity index (χ1n) is 11.0. The van der Waals surface area contributed by atoms with Gasteiger partial charge in [-0.05, 0) is 54.4 Å². The zero-order chi connectivity index (χ0) is 23.8. The molecule has 5 aromatic rings. The van der Waals surface area contributed by atoms with Crippen LogP contribution in [0.25, 0.3) is 31.7 Å². The van der Waals surface area contributed by atoms with E-state index in [1.165, 1.54) is 0 Å². The third kappa shape index (κ3) is 3.95. The summed E-state index contributed by atoms with van der Waals surface area (Å²) in [6, 6.07) is 22.3. The lowest BCUT2D eigenvalue weighted by molar-refractivity contribution is 0.102. The van der Waals surface area contributed by atoms with Crippen LogP contribution in [0.5, 0.6) is 5.75 Å². The minimum absolute atomic E-state index is 0.191. The summed E-state index contributed by atoms with van der Waals surface area (Å²) in [6.07, 6.45) is 0. The number of fused-ring (bicyclic) bond motifs is 2. The van der Waals surface area contributed by atoms with Crippen LogP contribution in [-0.4, -0.2) is 20.6 Å². The molecule has 0 aliphatic rings. The van der Waals surface area contributed by atoms with Gasteiger partial charge in [0, 0.05) is 23.2 Å². The summed E-state index contributed by atoms with van der Waals surface area (Å²) in [7, 11) is 0. The maximum absolute atomic E-state index is 13.2. The number of aromatic nitrogens is 2. The molecule has 0 atom stereocenters. The minimum Gasteiger partial charge on any atom is -0.506 e. The van der Waals surface area contributed by atoms with E-state index in [0.29, 0.717) is 23.1 Å². The van der Waals surface area contributed by atoms with Crippen LogP contribution in [0.2, 0.25) is 0 Å². The van der Waals surface area contributed by atoms with Crippen LogP contribution in [0.1, 0.15) is 24.2 Å². The SMILES string of the molecule is CC(C)Cn1c(=O)c(C(=O)Nc2ccc(-c3nc4ccccc4s3)cc2)c(O)c2ccccc21. The molecule has 0 aliphatic carbocycles. The Morgan fingerprint density at radius 2 is 1.74 bits per heavy atom. The number of para-hydroxylation sites is 2. The maximum atomic E-state index is 13.2. The first-order chi connectivity index (χ1) is 16.4. The number of thiazole rings is 1. The molecule has 0 radical (unpaired) electrons. The number of pyridine rings is 1. The molecule has 6 nitrogen and oxygen atoms in total. The summed E-state index contributed by atoms with van der Waals surface area (Å²) in [4.78, 5) is 31.0. The highest BCUT2D eigenvalue weighted by Crippen LogP contribution is 2.31. The zero-order valence-corrected chi connectivity index (χ0v) is 19.6. The molecule has 170 valence electrons. The summed E-state index contributed by atoms with van der Waals surface area (Å²) < 4.78 is 2.67. The van der Waals surface area contributed by atoms with Gasteiger partial charge in [0.05, 0.1) is 15.7 Å². The van der Waals surface area contributed by atoms with Gasteiger partial charge in [0.15, 0.2) is 0 Å². The Morgan fingerprint density at radius 1 is 1.03 bits per heavy atom. The Balaban J connectivity index is 1.47. The highest BCUT2D eigenvalue weighted by molar-refractivity contribution is 7.21. The van der Waals surface area contributed by atoms with Gasteiger partial charge in [-0.15, -0.1) is 11.3 Å². The van der Waals surface area contributed by atoms with E-state index in [1.54, 1.807) is 46.2 Å². The first kappa shape index (κ1) is 21.9. The van der Waals surface area contributed by atoms with Gasteiger partial charge in [-0.2, -0.15) is 0 Å². The Bertz CT molecular complexity index is 1550. The molecule has 0 saturated heterocycles. The van der Waals surface area contributed by atoms with Crippen molar-refractivity contribution in [3.8, 4) is 16.3 Å². The van der Waals surface area contributed by atoms with Crippen LogP contribution in [-0.2, 0) is 6.54 Å². The van der Waals surface area contributed by atoms with Gasteiger partial charge in [0.2, 0.25) is 0 Å². The molecule has 0 spiro atoms. The number of carbonyl (C=O) groups is 1. The summed E-state index contributed by atoms with van der Waals surface area (Å²) in [5, 5.41) is 14.9. The highest BCUT2D eigenvalue weighted by atomic mass is 32.1. The molecule has 5 rings (SSSR count). The standard InChI is InChI=1S/C27H23N3O3S/c1-16(2)15-30-21-9-5-3-7-19(21)24(31)23(27(30)33)25(32)28-18-13-11-17(12-14-18)26-29-20-8-4-6-10-22(20)34-26/h3-14,16,31H,15H2,1-2H3,(H,28,32). The molecule has 34 heavy (non-hydrogen) atoms. The van der Waals surface area contributed by atoms with Gasteiger partial charge in [-0.1, -0.05) is 38.1 Å². The molecular weight excluding hydrogens is 446 g/mol. The van der Waals surface area contributed by atoms with Crippen molar-refractivity contribution in [1.29, 1.82) is 0 Å². The number of rotatable bonds is 5. The molecule has 0 bridgehead atoms. The molecule has 7 heteroatoms. The van der Waals surface area contributed by atoms with E-state index >= 15 is 0 Å². The Morgan fingerprint density at radius 3 is 2.47 bits per heavy atom. The number of amides is 1. The number of aromatic hydroxyl groups is 1. The summed E-state index contributed by atoms with van der Waals surface area (Å²) in [5.41, 5.74) is 2.26. The second-order valence-corrected chi connectivity index (χ2v) is 9.60. The normalized spacial score (nSPS) is 11.4. The number of anilines is 1. The van der Waals surface area contributed by atoms with Gasteiger partial charge in [0.25, 0.3) is 11.5 Å². The number of benzene rings is 3. The summed E-state index contributed by atoms with van der Waals surface area (Å²) in [6.45, 7) is 4.44. The van der Waals surface area contributed by atoms with Crippen LogP contribution in [0.4, 0.5) is 5.69 Å². The van der Waals surface area contributed by atoms with Crippen molar-refractivity contribution >= 4 is 44.1 Å². The molecule has 0 saturated carbocycles. The number of hydrogen-bond acceptors (Lipinski definition) is 5. The molecule has 2 N–H and O–H groups in total. The predicted molar refractivity (Wildman–Crippen MR) is 138 cm³/mol. The number of nitrogens with one attached hydrogen (secondary N) is 1. The fraction of sp³-hybridized carbons (Fsp3) is 0.148. The van der Waals surface area contributed by atoms with Crippen molar-refractivity contribution in [2.75, 3.05) is 5.32 Å². The van der Waals surface area contributed by atoms with Crippen molar-refractivity contribution in [3.05, 3.63) is 88.7 Å². The van der Waals surface area contributed by atoms with Gasteiger partial charge >= 0.3 is 0 Å². The predicted octanol–water partition coefficient (Wildman–Crippen LogP) is 5.89. The summed E-state index contributed by atoms with van der Waals surface area (Å²) >= 11 is 1.60. The fourth-order valence-electron chi connectivity index (χ4n) is 4.03. The van der Waals surface area contributed by atoms with Crippen LogP contribution in [0, 0.1) is 5.92 Å². The van der Waals surface area contributed by atoms with Crippen molar-refractivity contribution in [1.82, 2.24) is 9.55 Å². The van der Waals surface area contributed by atoms with E-state index in [4.69, 9.17) is 0 Å². The average molecular weight is 470 g/mol. The van der Waals surface area contributed by atoms with Crippen molar-refractivity contribution < 1.29 is 9.90 Å². The van der Waals surface area contributed by atoms with Gasteiger partial charge in [0.1, 0.15) is 16.3 Å². The third-order valence-corrected chi connectivity index (χ3v) is 6.69. The van der Waals surface area contributed by atoms with Crippen LogP contribution in [0.15, 0.2) is 77.6 Å². The van der Waals surface area contributed by atoms with Crippen molar-refractivity contribution in [2.45, 2.75) is 20.4 Å². The van der Waals surface area contributed by atoms with Crippen molar-refractivity contribution in [3.63, 3.8) is 0 Å². The number of carbonyl (C=O) groups excluding carboxylic acids is 1. The smallest absolute Gasteiger partial charge is 0.267 e. The Labute approximate surface area is 200 Å². The van der Waals surface area contributed by atoms with Gasteiger partial charge in [-0.25, -0.2) is 4.98 Å². The van der Waals surface area contributed by atoms with Crippen LogP contribution >= 0.6 is 11.3 Å². The van der Waals surface area contributed by atoms with E-state index in [2.05, 4.69) is 10.3 Å². The van der Waals surface area contributed by atoms with E-state index in [9.17, 15) is 14.7 Å². The second-order valence-electron chi connectivity index (χ2n) is 8.57. The van der Waals surface area contributed by atoms with E-state index < -0.39 is 11.5 Å². The lowest BCUT2D eigenvalue weighted by atomic mass is 10.1. The van der Waals surface area contributed by atoms with Crippen molar-refractivity contribution in [2.24, 2.45) is 5.92 Å². The molecule has 3 aromatic carbocycles. The molecule has 1 amide bonds. The van der Waals surface area contributed by atoms with E-state index in [1.807, 2.05) is 56.3 Å². The topological polar surface area (TPSA) is 84.2 Å². The van der Waals surface area contributed by atoms with Crippen LogP contribution < -0.4 is 10.9 Å². The largest absolute Gasteiger partial charge is 0.506 e. The molecule has 2 aromatic heterocycles. The Kier molecular flexibility index (Phi) is 5.63. The number of nitrogens with zero attached hydrogens (tertiary/aromatic N) is 2. The maximum Gasteiger partial charge on any atom is 0.267 e. The van der Waals surface area contributed by atoms with Gasteiger partial charge < -0.3 is 15.0 Å². The minimum atomic E-state index is -0.640. The van der Waals surface area contributed by atoms with E-state index in [0.717, 1.165) is 20.8 Å². The lowest BCUT2D eigenvalue weighted by Gasteiger charge is -2.16. The fourth-order valence-corrected chi connectivity index (χ4v) is 5.00. The quantitative estimate of drug-likeness (QED) is 0.336. The molecular formula is C27H23N3O3S. The Hall–Kier alpha value is -3.97. The monoisotopic (exact) mass is 469 g/mol.